The summed E-state index contributed by atoms with van der Waals surface area (Å²) in [5.41, 5.74) is 1.03. The van der Waals surface area contributed by atoms with Crippen LogP contribution in [0.15, 0.2) is 48.7 Å². The number of para-hydroxylation sites is 1. The molecule has 0 aliphatic rings. The van der Waals surface area contributed by atoms with Gasteiger partial charge in [-0.3, -0.25) is 0 Å². The van der Waals surface area contributed by atoms with Crippen molar-refractivity contribution in [2.75, 3.05) is 5.32 Å². The fraction of sp³-hybridized carbons (Fsp3) is 0.211. The zero-order valence-corrected chi connectivity index (χ0v) is 16.2. The van der Waals surface area contributed by atoms with Crippen LogP contribution in [0.1, 0.15) is 23.0 Å². The topological polar surface area (TPSA) is 71.8 Å². The number of carbonyl (C=O) groups is 1. The summed E-state index contributed by atoms with van der Waals surface area (Å²) in [5, 5.41) is 8.47. The Balaban J connectivity index is 1.93. The van der Waals surface area contributed by atoms with Gasteiger partial charge < -0.3 is 10.6 Å². The van der Waals surface area contributed by atoms with E-state index in [-0.39, 0.29) is 27.8 Å². The molecule has 10 heteroatoms. The minimum absolute atomic E-state index is 0.0320. The van der Waals surface area contributed by atoms with Gasteiger partial charge in [-0.2, -0.15) is 18.3 Å². The van der Waals surface area contributed by atoms with Gasteiger partial charge in [0.1, 0.15) is 0 Å². The third kappa shape index (κ3) is 4.51. The van der Waals surface area contributed by atoms with Gasteiger partial charge >= 0.3 is 12.2 Å². The Morgan fingerprint density at radius 1 is 1.14 bits per heavy atom. The SMILES string of the molecule is Cc1nn(-c2ccccc2)c(C)c1C(NC(=O)Nc1cccnc1Cl)C(F)(F)F. The van der Waals surface area contributed by atoms with Gasteiger partial charge in [-0.15, -0.1) is 0 Å². The number of aryl methyl sites for hydroxylation is 1. The van der Waals surface area contributed by atoms with Crippen molar-refractivity contribution in [2.24, 2.45) is 0 Å². The first-order valence-corrected chi connectivity index (χ1v) is 8.92. The third-order valence-corrected chi connectivity index (χ3v) is 4.55. The van der Waals surface area contributed by atoms with Crippen LogP contribution in [0, 0.1) is 13.8 Å². The highest BCUT2D eigenvalue weighted by Gasteiger charge is 2.44. The largest absolute Gasteiger partial charge is 0.413 e. The number of rotatable bonds is 4. The molecule has 1 aromatic carbocycles. The maximum Gasteiger partial charge on any atom is 0.413 e. The van der Waals surface area contributed by atoms with Crippen LogP contribution < -0.4 is 10.6 Å². The van der Waals surface area contributed by atoms with E-state index in [9.17, 15) is 18.0 Å². The molecule has 2 aromatic heterocycles. The predicted molar refractivity (Wildman–Crippen MR) is 103 cm³/mol. The quantitative estimate of drug-likeness (QED) is 0.582. The lowest BCUT2D eigenvalue weighted by Crippen LogP contribution is -2.41. The number of hydrogen-bond donors (Lipinski definition) is 2. The number of carbonyl (C=O) groups excluding carboxylic acids is 1. The van der Waals surface area contributed by atoms with Crippen LogP contribution in [0.25, 0.3) is 5.69 Å². The summed E-state index contributed by atoms with van der Waals surface area (Å²) < 4.78 is 42.9. The number of nitrogens with zero attached hydrogens (tertiary/aromatic N) is 3. The molecule has 0 bridgehead atoms. The molecule has 2 amide bonds. The molecule has 1 unspecified atom stereocenters. The van der Waals surface area contributed by atoms with Gasteiger partial charge in [-0.05, 0) is 38.1 Å². The number of pyridine rings is 1. The minimum Gasteiger partial charge on any atom is -0.322 e. The van der Waals surface area contributed by atoms with E-state index in [0.717, 1.165) is 0 Å². The van der Waals surface area contributed by atoms with Crippen molar-refractivity contribution in [3.8, 4) is 5.69 Å². The lowest BCUT2D eigenvalue weighted by Gasteiger charge is -2.22. The van der Waals surface area contributed by atoms with Crippen molar-refractivity contribution >= 4 is 23.3 Å². The highest BCUT2D eigenvalue weighted by atomic mass is 35.5. The van der Waals surface area contributed by atoms with Crippen LogP contribution in [-0.2, 0) is 0 Å². The van der Waals surface area contributed by atoms with Crippen molar-refractivity contribution in [2.45, 2.75) is 26.1 Å². The fourth-order valence-electron chi connectivity index (χ4n) is 2.98. The zero-order valence-electron chi connectivity index (χ0n) is 15.5. The summed E-state index contributed by atoms with van der Waals surface area (Å²) in [7, 11) is 0. The van der Waals surface area contributed by atoms with Crippen LogP contribution in [0.4, 0.5) is 23.7 Å². The normalized spacial score (nSPS) is 12.5. The van der Waals surface area contributed by atoms with E-state index in [1.807, 2.05) is 5.32 Å². The van der Waals surface area contributed by atoms with E-state index in [4.69, 9.17) is 11.6 Å². The lowest BCUT2D eigenvalue weighted by molar-refractivity contribution is -0.155. The first-order valence-electron chi connectivity index (χ1n) is 8.54. The van der Waals surface area contributed by atoms with Gasteiger partial charge in [-0.25, -0.2) is 14.5 Å². The van der Waals surface area contributed by atoms with E-state index in [1.165, 1.54) is 36.9 Å². The average molecular weight is 424 g/mol. The molecule has 3 aromatic rings. The standard InChI is InChI=1S/C19H17ClF3N5O/c1-11-15(12(2)28(27-11)13-7-4-3-5-8-13)16(19(21,22)23)26-18(29)25-14-9-6-10-24-17(14)20/h3-10,16H,1-2H3,(H2,25,26,29). The number of urea groups is 1. The number of aromatic nitrogens is 3. The number of hydrogen-bond acceptors (Lipinski definition) is 3. The maximum absolute atomic E-state index is 13.8. The van der Waals surface area contributed by atoms with E-state index in [1.54, 1.807) is 30.3 Å². The Bertz CT molecular complexity index is 1020. The van der Waals surface area contributed by atoms with Crippen molar-refractivity contribution in [3.05, 3.63) is 70.8 Å². The van der Waals surface area contributed by atoms with Crippen molar-refractivity contribution in [3.63, 3.8) is 0 Å². The van der Waals surface area contributed by atoms with Crippen LogP contribution in [0.2, 0.25) is 5.15 Å². The van der Waals surface area contributed by atoms with Crippen LogP contribution in [-0.4, -0.2) is 27.0 Å². The van der Waals surface area contributed by atoms with Crippen LogP contribution in [0.5, 0.6) is 0 Å². The number of benzene rings is 1. The van der Waals surface area contributed by atoms with Crippen molar-refractivity contribution in [1.29, 1.82) is 0 Å². The summed E-state index contributed by atoms with van der Waals surface area (Å²) in [6.07, 6.45) is -3.34. The number of alkyl halides is 3. The first-order chi connectivity index (χ1) is 13.7. The van der Waals surface area contributed by atoms with E-state index in [0.29, 0.717) is 5.69 Å². The average Bonchev–Trinajstić information content (AvgIpc) is 2.96. The smallest absolute Gasteiger partial charge is 0.322 e. The highest BCUT2D eigenvalue weighted by Crippen LogP contribution is 2.36. The zero-order chi connectivity index (χ0) is 21.2. The molecule has 0 spiro atoms. The third-order valence-electron chi connectivity index (χ3n) is 4.25. The monoisotopic (exact) mass is 423 g/mol. The Morgan fingerprint density at radius 2 is 1.83 bits per heavy atom. The van der Waals surface area contributed by atoms with Gasteiger partial charge in [0, 0.05) is 17.5 Å². The number of nitrogens with one attached hydrogen (secondary N) is 2. The van der Waals surface area contributed by atoms with Crippen molar-refractivity contribution < 1.29 is 18.0 Å². The summed E-state index contributed by atoms with van der Waals surface area (Å²) in [5.74, 6) is 0. The summed E-state index contributed by atoms with van der Waals surface area (Å²) >= 11 is 5.84. The number of anilines is 1. The second-order valence-electron chi connectivity index (χ2n) is 6.25. The number of halogens is 4. The molecule has 29 heavy (non-hydrogen) atoms. The van der Waals surface area contributed by atoms with Gasteiger partial charge in [-0.1, -0.05) is 29.8 Å². The van der Waals surface area contributed by atoms with Gasteiger partial charge in [0.05, 0.1) is 17.1 Å². The lowest BCUT2D eigenvalue weighted by atomic mass is 10.0. The van der Waals surface area contributed by atoms with Gasteiger partial charge in [0.2, 0.25) is 0 Å². The molecule has 0 radical (unpaired) electrons. The summed E-state index contributed by atoms with van der Waals surface area (Å²) in [6.45, 7) is 3.00. The van der Waals surface area contributed by atoms with Crippen LogP contribution >= 0.6 is 11.6 Å². The Kier molecular flexibility index (Phi) is 5.78. The minimum atomic E-state index is -4.74. The molecular weight excluding hydrogens is 407 g/mol. The molecule has 0 fully saturated rings. The molecule has 0 saturated heterocycles. The molecule has 152 valence electrons. The molecule has 0 aliphatic heterocycles. The number of amides is 2. The maximum atomic E-state index is 13.8. The molecular formula is C19H17ClF3N5O. The molecule has 6 nitrogen and oxygen atoms in total. The van der Waals surface area contributed by atoms with Gasteiger partial charge in [0.15, 0.2) is 11.2 Å². The Hall–Kier alpha value is -3.07. The molecule has 2 heterocycles. The second-order valence-corrected chi connectivity index (χ2v) is 6.60. The van der Waals surface area contributed by atoms with E-state index < -0.39 is 18.2 Å². The second kappa shape index (κ2) is 8.12. The fourth-order valence-corrected chi connectivity index (χ4v) is 3.15. The summed E-state index contributed by atoms with van der Waals surface area (Å²) in [6, 6.07) is 8.40. The molecule has 2 N–H and O–H groups in total. The van der Waals surface area contributed by atoms with E-state index in [2.05, 4.69) is 15.4 Å². The molecule has 1 atom stereocenters. The molecule has 3 rings (SSSR count). The summed E-state index contributed by atoms with van der Waals surface area (Å²) in [4.78, 5) is 16.0. The Labute approximate surface area is 169 Å². The Morgan fingerprint density at radius 3 is 2.45 bits per heavy atom. The molecule has 0 aliphatic carbocycles. The van der Waals surface area contributed by atoms with Crippen molar-refractivity contribution in [1.82, 2.24) is 20.1 Å². The predicted octanol–water partition coefficient (Wildman–Crippen LogP) is 4.96. The molecule has 0 saturated carbocycles. The van der Waals surface area contributed by atoms with Gasteiger partial charge in [0.25, 0.3) is 0 Å². The highest BCUT2D eigenvalue weighted by molar-refractivity contribution is 6.32. The van der Waals surface area contributed by atoms with E-state index >= 15 is 0 Å². The first kappa shape index (κ1) is 20.7. The van der Waals surface area contributed by atoms with Crippen LogP contribution in [0.3, 0.4) is 0 Å².